The molecule has 0 atom stereocenters. The molecule has 0 bridgehead atoms. The Kier molecular flexibility index (Phi) is 5.23. The largest absolute Gasteiger partial charge is 0.382 e. The third-order valence-electron chi connectivity index (χ3n) is 1.47. The summed E-state index contributed by atoms with van der Waals surface area (Å²) in [7, 11) is 1.57. The quantitative estimate of drug-likeness (QED) is 0.625. The smallest absolute Gasteiger partial charge is 0.263 e. The summed E-state index contributed by atoms with van der Waals surface area (Å²) in [5.74, 6) is -2.77. The molecule has 0 N–H and O–H groups in total. The van der Waals surface area contributed by atoms with Gasteiger partial charge in [0.05, 0.1) is 18.8 Å². The summed E-state index contributed by atoms with van der Waals surface area (Å²) in [4.78, 5) is 0. The molecule has 0 aliphatic heterocycles. The van der Waals surface area contributed by atoms with E-state index in [4.69, 9.17) is 9.47 Å². The lowest BCUT2D eigenvalue weighted by atomic mass is 10.1. The van der Waals surface area contributed by atoms with Gasteiger partial charge in [0.25, 0.3) is 5.92 Å². The first-order chi connectivity index (χ1) is 6.27. The van der Waals surface area contributed by atoms with Gasteiger partial charge in [0.1, 0.15) is 0 Å². The zero-order valence-electron chi connectivity index (χ0n) is 9.14. The molecule has 0 heterocycles. The molecule has 0 aromatic rings. The van der Waals surface area contributed by atoms with Crippen LogP contribution in [0.15, 0.2) is 12.2 Å². The van der Waals surface area contributed by atoms with Gasteiger partial charge in [0, 0.05) is 14.0 Å². The van der Waals surface area contributed by atoms with Crippen molar-refractivity contribution in [2.24, 2.45) is 0 Å². The molecule has 0 aromatic heterocycles. The Hall–Kier alpha value is -0.480. The molecule has 2 nitrogen and oxygen atoms in total. The SMILES string of the molecule is COCC(C)(C)OCC=CC(C)(F)F. The van der Waals surface area contributed by atoms with E-state index in [9.17, 15) is 8.78 Å². The van der Waals surface area contributed by atoms with E-state index in [1.165, 1.54) is 6.08 Å². The van der Waals surface area contributed by atoms with Crippen LogP contribution in [0.1, 0.15) is 20.8 Å². The number of hydrogen-bond acceptors (Lipinski definition) is 2. The Morgan fingerprint density at radius 3 is 2.21 bits per heavy atom. The average molecular weight is 208 g/mol. The monoisotopic (exact) mass is 208 g/mol. The molecule has 0 fully saturated rings. The van der Waals surface area contributed by atoms with Crippen LogP contribution in [0.3, 0.4) is 0 Å². The zero-order chi connectivity index (χ0) is 11.2. The van der Waals surface area contributed by atoms with Crippen molar-refractivity contribution >= 4 is 0 Å². The van der Waals surface area contributed by atoms with Crippen LogP contribution in [-0.4, -0.2) is 31.8 Å². The minimum absolute atomic E-state index is 0.166. The molecular weight excluding hydrogens is 190 g/mol. The molecule has 0 unspecified atom stereocenters. The van der Waals surface area contributed by atoms with Gasteiger partial charge in [-0.15, -0.1) is 0 Å². The van der Waals surface area contributed by atoms with Crippen molar-refractivity contribution < 1.29 is 18.3 Å². The van der Waals surface area contributed by atoms with E-state index in [0.717, 1.165) is 13.0 Å². The summed E-state index contributed by atoms with van der Waals surface area (Å²) in [6.07, 6.45) is 2.15. The van der Waals surface area contributed by atoms with Crippen molar-refractivity contribution in [2.45, 2.75) is 32.3 Å². The van der Waals surface area contributed by atoms with E-state index in [0.29, 0.717) is 6.61 Å². The van der Waals surface area contributed by atoms with Crippen LogP contribution in [-0.2, 0) is 9.47 Å². The third-order valence-corrected chi connectivity index (χ3v) is 1.47. The number of allylic oxidation sites excluding steroid dienone is 1. The Bertz CT molecular complexity index is 183. The number of ether oxygens (including phenoxy) is 2. The van der Waals surface area contributed by atoms with Gasteiger partial charge >= 0.3 is 0 Å². The van der Waals surface area contributed by atoms with E-state index in [-0.39, 0.29) is 6.61 Å². The molecule has 0 radical (unpaired) electrons. The third kappa shape index (κ3) is 8.13. The highest BCUT2D eigenvalue weighted by Gasteiger charge is 2.18. The molecule has 0 amide bonds. The highest BCUT2D eigenvalue weighted by Crippen LogP contribution is 2.13. The van der Waals surface area contributed by atoms with Crippen LogP contribution in [0.4, 0.5) is 8.78 Å². The predicted octanol–water partition coefficient (Wildman–Crippen LogP) is 2.64. The normalized spacial score (nSPS) is 13.9. The summed E-state index contributed by atoms with van der Waals surface area (Å²) in [6.45, 7) is 5.12. The Balaban J connectivity index is 3.79. The first kappa shape index (κ1) is 13.5. The van der Waals surface area contributed by atoms with Crippen LogP contribution < -0.4 is 0 Å². The van der Waals surface area contributed by atoms with E-state index < -0.39 is 11.5 Å². The summed E-state index contributed by atoms with van der Waals surface area (Å²) >= 11 is 0. The minimum Gasteiger partial charge on any atom is -0.382 e. The van der Waals surface area contributed by atoms with Crippen molar-refractivity contribution in [1.82, 2.24) is 0 Å². The second kappa shape index (κ2) is 5.41. The standard InChI is InChI=1S/C10H18F2O2/c1-9(2,8-13-4)14-7-5-6-10(3,11)12/h5-6H,7-8H2,1-4H3. The molecule has 0 saturated heterocycles. The molecule has 0 aliphatic rings. The second-order valence-corrected chi connectivity index (χ2v) is 3.86. The minimum atomic E-state index is -2.77. The van der Waals surface area contributed by atoms with E-state index in [1.807, 2.05) is 13.8 Å². The topological polar surface area (TPSA) is 18.5 Å². The Morgan fingerprint density at radius 2 is 1.79 bits per heavy atom. The lowest BCUT2D eigenvalue weighted by Gasteiger charge is -2.23. The van der Waals surface area contributed by atoms with E-state index >= 15 is 0 Å². The maximum Gasteiger partial charge on any atom is 0.263 e. The average Bonchev–Trinajstić information content (AvgIpc) is 1.96. The number of methoxy groups -OCH3 is 1. The van der Waals surface area contributed by atoms with Crippen LogP contribution >= 0.6 is 0 Å². The molecule has 14 heavy (non-hydrogen) atoms. The lowest BCUT2D eigenvalue weighted by molar-refractivity contribution is -0.0535. The zero-order valence-corrected chi connectivity index (χ0v) is 9.14. The fourth-order valence-electron chi connectivity index (χ4n) is 0.918. The summed E-state index contributed by atoms with van der Waals surface area (Å²) in [6, 6.07) is 0. The predicted molar refractivity (Wildman–Crippen MR) is 51.7 cm³/mol. The summed E-state index contributed by atoms with van der Waals surface area (Å²) < 4.78 is 34.9. The number of halogens is 2. The van der Waals surface area contributed by atoms with Crippen LogP contribution in [0.25, 0.3) is 0 Å². The van der Waals surface area contributed by atoms with Gasteiger partial charge in [-0.3, -0.25) is 0 Å². The molecule has 0 aromatic carbocycles. The van der Waals surface area contributed by atoms with Gasteiger partial charge in [-0.05, 0) is 19.9 Å². The number of rotatable bonds is 6. The van der Waals surface area contributed by atoms with Crippen LogP contribution in [0.2, 0.25) is 0 Å². The summed E-state index contributed by atoms with van der Waals surface area (Å²) in [5, 5.41) is 0. The second-order valence-electron chi connectivity index (χ2n) is 3.86. The highest BCUT2D eigenvalue weighted by molar-refractivity contribution is 4.92. The van der Waals surface area contributed by atoms with Crippen molar-refractivity contribution in [3.05, 3.63) is 12.2 Å². The fraction of sp³-hybridized carbons (Fsp3) is 0.800. The lowest BCUT2D eigenvalue weighted by Crippen LogP contribution is -2.30. The first-order valence-corrected chi connectivity index (χ1v) is 4.45. The van der Waals surface area contributed by atoms with Gasteiger partial charge in [0.15, 0.2) is 0 Å². The Morgan fingerprint density at radius 1 is 1.21 bits per heavy atom. The molecule has 0 spiro atoms. The summed E-state index contributed by atoms with van der Waals surface area (Å²) in [5.41, 5.74) is -0.442. The molecule has 84 valence electrons. The van der Waals surface area contributed by atoms with Crippen molar-refractivity contribution in [1.29, 1.82) is 0 Å². The van der Waals surface area contributed by atoms with Crippen LogP contribution in [0, 0.1) is 0 Å². The first-order valence-electron chi connectivity index (χ1n) is 4.45. The van der Waals surface area contributed by atoms with Crippen molar-refractivity contribution in [2.75, 3.05) is 20.3 Å². The molecule has 4 heteroatoms. The van der Waals surface area contributed by atoms with Gasteiger partial charge in [-0.1, -0.05) is 6.08 Å². The number of hydrogen-bond donors (Lipinski definition) is 0. The maximum absolute atomic E-state index is 12.3. The molecule has 0 saturated carbocycles. The number of alkyl halides is 2. The molecule has 0 rings (SSSR count). The fourth-order valence-corrected chi connectivity index (χ4v) is 0.918. The van der Waals surface area contributed by atoms with Crippen molar-refractivity contribution in [3.8, 4) is 0 Å². The van der Waals surface area contributed by atoms with E-state index in [1.54, 1.807) is 7.11 Å². The van der Waals surface area contributed by atoms with Crippen LogP contribution in [0.5, 0.6) is 0 Å². The molecule has 0 aliphatic carbocycles. The van der Waals surface area contributed by atoms with E-state index in [2.05, 4.69) is 0 Å². The van der Waals surface area contributed by atoms with Crippen molar-refractivity contribution in [3.63, 3.8) is 0 Å². The van der Waals surface area contributed by atoms with Gasteiger partial charge in [-0.25, -0.2) is 8.78 Å². The maximum atomic E-state index is 12.3. The van der Waals surface area contributed by atoms with Gasteiger partial charge in [0.2, 0.25) is 0 Å². The Labute approximate surface area is 83.9 Å². The highest BCUT2D eigenvalue weighted by atomic mass is 19.3. The van der Waals surface area contributed by atoms with Gasteiger partial charge in [-0.2, -0.15) is 0 Å². The van der Waals surface area contributed by atoms with Gasteiger partial charge < -0.3 is 9.47 Å². The molecular formula is C10H18F2O2.